The summed E-state index contributed by atoms with van der Waals surface area (Å²) in [7, 11) is 1.93. The normalized spacial score (nSPS) is 10.9. The zero-order valence-electron chi connectivity index (χ0n) is 12.4. The van der Waals surface area contributed by atoms with Crippen molar-refractivity contribution in [2.24, 2.45) is 7.05 Å². The standard InChI is InChI=1S/C15H19Br2N3O/c1-4-18-8-11-7-12(16)5-6-14(11)21-9-13-15(17)10(2)19-20(13)3/h5-7,18H,4,8-9H2,1-3H3. The Bertz CT molecular complexity index is 626. The number of nitrogens with zero attached hydrogens (tertiary/aromatic N) is 2. The van der Waals surface area contributed by atoms with Crippen LogP contribution < -0.4 is 10.1 Å². The molecule has 21 heavy (non-hydrogen) atoms. The van der Waals surface area contributed by atoms with E-state index in [1.54, 1.807) is 0 Å². The van der Waals surface area contributed by atoms with Crippen LogP contribution in [0.15, 0.2) is 27.1 Å². The molecule has 1 aromatic heterocycles. The average molecular weight is 417 g/mol. The van der Waals surface area contributed by atoms with Gasteiger partial charge in [-0.2, -0.15) is 5.10 Å². The van der Waals surface area contributed by atoms with E-state index in [-0.39, 0.29) is 0 Å². The third-order valence-electron chi connectivity index (χ3n) is 3.21. The summed E-state index contributed by atoms with van der Waals surface area (Å²) < 4.78 is 9.91. The lowest BCUT2D eigenvalue weighted by atomic mass is 10.2. The van der Waals surface area contributed by atoms with Crippen molar-refractivity contribution in [3.63, 3.8) is 0 Å². The molecule has 0 aliphatic rings. The summed E-state index contributed by atoms with van der Waals surface area (Å²) in [5.74, 6) is 0.893. The van der Waals surface area contributed by atoms with Crippen LogP contribution in [0.2, 0.25) is 0 Å². The van der Waals surface area contributed by atoms with E-state index < -0.39 is 0 Å². The van der Waals surface area contributed by atoms with Crippen molar-refractivity contribution >= 4 is 31.9 Å². The van der Waals surface area contributed by atoms with Gasteiger partial charge in [0.15, 0.2) is 0 Å². The highest BCUT2D eigenvalue weighted by Gasteiger charge is 2.12. The molecule has 1 heterocycles. The van der Waals surface area contributed by atoms with Crippen LogP contribution >= 0.6 is 31.9 Å². The first-order chi connectivity index (χ1) is 10.0. The topological polar surface area (TPSA) is 39.1 Å². The largest absolute Gasteiger partial charge is 0.487 e. The number of nitrogens with one attached hydrogen (secondary N) is 1. The summed E-state index contributed by atoms with van der Waals surface area (Å²) >= 11 is 7.07. The average Bonchev–Trinajstić information content (AvgIpc) is 2.69. The molecule has 0 amide bonds. The molecule has 0 spiro atoms. The van der Waals surface area contributed by atoms with Crippen molar-refractivity contribution in [2.75, 3.05) is 6.54 Å². The second-order valence-corrected chi connectivity index (χ2v) is 6.50. The summed E-state index contributed by atoms with van der Waals surface area (Å²) in [6.45, 7) is 6.27. The number of aromatic nitrogens is 2. The van der Waals surface area contributed by atoms with Crippen molar-refractivity contribution in [1.29, 1.82) is 0 Å². The van der Waals surface area contributed by atoms with Gasteiger partial charge in [0, 0.05) is 23.6 Å². The number of halogens is 2. The lowest BCUT2D eigenvalue weighted by Crippen LogP contribution is -2.13. The Balaban J connectivity index is 2.15. The summed E-state index contributed by atoms with van der Waals surface area (Å²) in [5.41, 5.74) is 3.14. The maximum absolute atomic E-state index is 6.00. The first-order valence-electron chi connectivity index (χ1n) is 6.82. The van der Waals surface area contributed by atoms with E-state index in [1.165, 1.54) is 0 Å². The van der Waals surface area contributed by atoms with Crippen LogP contribution in [-0.2, 0) is 20.2 Å². The Labute approximate surface area is 142 Å². The first-order valence-corrected chi connectivity index (χ1v) is 8.41. The smallest absolute Gasteiger partial charge is 0.131 e. The maximum atomic E-state index is 6.00. The van der Waals surface area contributed by atoms with Gasteiger partial charge in [-0.1, -0.05) is 22.9 Å². The molecular weight excluding hydrogens is 398 g/mol. The Hall–Kier alpha value is -0.850. The van der Waals surface area contributed by atoms with Gasteiger partial charge in [0.2, 0.25) is 0 Å². The van der Waals surface area contributed by atoms with Crippen LogP contribution in [0, 0.1) is 6.92 Å². The van der Waals surface area contributed by atoms with Crippen LogP contribution in [0.25, 0.3) is 0 Å². The fourth-order valence-electron chi connectivity index (χ4n) is 2.07. The molecule has 0 atom stereocenters. The molecule has 0 saturated heterocycles. The molecule has 0 fully saturated rings. The molecule has 4 nitrogen and oxygen atoms in total. The maximum Gasteiger partial charge on any atom is 0.131 e. The van der Waals surface area contributed by atoms with Gasteiger partial charge in [-0.3, -0.25) is 4.68 Å². The fourth-order valence-corrected chi connectivity index (χ4v) is 2.93. The van der Waals surface area contributed by atoms with E-state index in [0.29, 0.717) is 6.61 Å². The summed E-state index contributed by atoms with van der Waals surface area (Å²) in [4.78, 5) is 0. The van der Waals surface area contributed by atoms with Crippen molar-refractivity contribution < 1.29 is 4.74 Å². The van der Waals surface area contributed by atoms with Crippen molar-refractivity contribution in [1.82, 2.24) is 15.1 Å². The highest BCUT2D eigenvalue weighted by atomic mass is 79.9. The monoisotopic (exact) mass is 415 g/mol. The molecule has 0 radical (unpaired) electrons. The molecule has 2 aromatic rings. The lowest BCUT2D eigenvalue weighted by Gasteiger charge is -2.13. The van der Waals surface area contributed by atoms with Gasteiger partial charge in [-0.05, 0) is 47.6 Å². The highest BCUT2D eigenvalue weighted by Crippen LogP contribution is 2.26. The van der Waals surface area contributed by atoms with Crippen LogP contribution in [-0.4, -0.2) is 16.3 Å². The molecule has 0 unspecified atom stereocenters. The Morgan fingerprint density at radius 2 is 2.10 bits per heavy atom. The zero-order chi connectivity index (χ0) is 15.4. The van der Waals surface area contributed by atoms with Gasteiger partial charge in [0.25, 0.3) is 0 Å². The highest BCUT2D eigenvalue weighted by molar-refractivity contribution is 9.10. The molecule has 1 aromatic carbocycles. The molecule has 114 valence electrons. The Morgan fingerprint density at radius 1 is 1.33 bits per heavy atom. The summed E-state index contributed by atoms with van der Waals surface area (Å²) in [6, 6.07) is 6.07. The van der Waals surface area contributed by atoms with Crippen LogP contribution in [0.4, 0.5) is 0 Å². The van der Waals surface area contributed by atoms with E-state index in [2.05, 4.69) is 55.3 Å². The molecule has 2 rings (SSSR count). The van der Waals surface area contributed by atoms with Gasteiger partial charge in [-0.25, -0.2) is 0 Å². The zero-order valence-corrected chi connectivity index (χ0v) is 15.6. The number of hydrogen-bond acceptors (Lipinski definition) is 3. The second kappa shape index (κ2) is 7.42. The minimum absolute atomic E-state index is 0.485. The lowest BCUT2D eigenvalue weighted by molar-refractivity contribution is 0.290. The van der Waals surface area contributed by atoms with Crippen LogP contribution in [0.3, 0.4) is 0 Å². The molecule has 6 heteroatoms. The number of ether oxygens (including phenoxy) is 1. The fraction of sp³-hybridized carbons (Fsp3) is 0.400. The Morgan fingerprint density at radius 3 is 2.71 bits per heavy atom. The SMILES string of the molecule is CCNCc1cc(Br)ccc1OCc1c(Br)c(C)nn1C. The quantitative estimate of drug-likeness (QED) is 0.774. The number of benzene rings is 1. The summed E-state index contributed by atoms with van der Waals surface area (Å²) in [6.07, 6.45) is 0. The van der Waals surface area contributed by atoms with E-state index in [0.717, 1.165) is 44.7 Å². The number of rotatable bonds is 6. The molecule has 0 aliphatic heterocycles. The van der Waals surface area contributed by atoms with Gasteiger partial charge in [0.05, 0.1) is 15.9 Å². The molecular formula is C15H19Br2N3O. The minimum Gasteiger partial charge on any atom is -0.487 e. The van der Waals surface area contributed by atoms with Crippen LogP contribution in [0.1, 0.15) is 23.9 Å². The van der Waals surface area contributed by atoms with Crippen molar-refractivity contribution in [3.8, 4) is 5.75 Å². The minimum atomic E-state index is 0.485. The number of hydrogen-bond donors (Lipinski definition) is 1. The molecule has 0 saturated carbocycles. The third kappa shape index (κ3) is 4.08. The van der Waals surface area contributed by atoms with Gasteiger partial charge < -0.3 is 10.1 Å². The van der Waals surface area contributed by atoms with Gasteiger partial charge >= 0.3 is 0 Å². The number of aryl methyl sites for hydroxylation is 2. The third-order valence-corrected chi connectivity index (χ3v) is 4.74. The van der Waals surface area contributed by atoms with E-state index >= 15 is 0 Å². The molecule has 1 N–H and O–H groups in total. The first kappa shape index (κ1) is 16.5. The van der Waals surface area contributed by atoms with Crippen molar-refractivity contribution in [2.45, 2.75) is 27.0 Å². The predicted molar refractivity (Wildman–Crippen MR) is 91.5 cm³/mol. The Kier molecular flexibility index (Phi) is 5.84. The summed E-state index contributed by atoms with van der Waals surface area (Å²) in [5, 5.41) is 7.71. The van der Waals surface area contributed by atoms with E-state index in [1.807, 2.05) is 30.8 Å². The van der Waals surface area contributed by atoms with Crippen LogP contribution in [0.5, 0.6) is 5.75 Å². The van der Waals surface area contributed by atoms with Crippen molar-refractivity contribution in [3.05, 3.63) is 44.1 Å². The second-order valence-electron chi connectivity index (χ2n) is 4.79. The predicted octanol–water partition coefficient (Wildman–Crippen LogP) is 3.94. The molecule has 0 bridgehead atoms. The van der Waals surface area contributed by atoms with Gasteiger partial charge in [-0.15, -0.1) is 0 Å². The van der Waals surface area contributed by atoms with E-state index in [4.69, 9.17) is 4.74 Å². The van der Waals surface area contributed by atoms with Gasteiger partial charge in [0.1, 0.15) is 12.4 Å². The van der Waals surface area contributed by atoms with E-state index in [9.17, 15) is 0 Å². The molecule has 0 aliphatic carbocycles.